The molecular weight excluding hydrogens is 324 g/mol. The molecule has 0 heterocycles. The van der Waals surface area contributed by atoms with Crippen LogP contribution >= 0.6 is 0 Å². The second-order valence-electron chi connectivity index (χ2n) is 5.51. The van der Waals surface area contributed by atoms with Crippen molar-refractivity contribution in [2.45, 2.75) is 25.3 Å². The lowest BCUT2D eigenvalue weighted by molar-refractivity contribution is -0.121. The molecule has 0 aliphatic carbocycles. The molecule has 6 heteroatoms. The molecule has 0 saturated heterocycles. The van der Waals surface area contributed by atoms with Crippen molar-refractivity contribution in [2.75, 3.05) is 13.1 Å². The standard InChI is InChI=1S/C18H22N2O3S/c1-3-20(24(22,23)17-10-5-4-6-11-17)14-18(21)19-13-16-9-7-8-15(2)12-16/h4-12H,3,13-14H2,1-2H3,(H,19,21). The number of hydrogen-bond acceptors (Lipinski definition) is 3. The van der Waals surface area contributed by atoms with Crippen LogP contribution in [0.15, 0.2) is 59.5 Å². The molecule has 2 aromatic rings. The number of carbonyl (C=O) groups is 1. The van der Waals surface area contributed by atoms with Gasteiger partial charge >= 0.3 is 0 Å². The maximum atomic E-state index is 12.6. The minimum atomic E-state index is -3.66. The molecule has 0 aliphatic rings. The number of aryl methyl sites for hydroxylation is 1. The zero-order valence-electron chi connectivity index (χ0n) is 13.9. The van der Waals surface area contributed by atoms with E-state index in [1.807, 2.05) is 31.2 Å². The first-order chi connectivity index (χ1) is 11.4. The van der Waals surface area contributed by atoms with Crippen molar-refractivity contribution < 1.29 is 13.2 Å². The van der Waals surface area contributed by atoms with Gasteiger partial charge in [0.2, 0.25) is 15.9 Å². The van der Waals surface area contributed by atoms with Crippen LogP contribution < -0.4 is 5.32 Å². The zero-order valence-corrected chi connectivity index (χ0v) is 14.7. The topological polar surface area (TPSA) is 66.5 Å². The van der Waals surface area contributed by atoms with E-state index in [2.05, 4.69) is 5.32 Å². The van der Waals surface area contributed by atoms with Gasteiger partial charge in [-0.15, -0.1) is 0 Å². The molecule has 0 fully saturated rings. The molecule has 0 radical (unpaired) electrons. The monoisotopic (exact) mass is 346 g/mol. The fraction of sp³-hybridized carbons (Fsp3) is 0.278. The van der Waals surface area contributed by atoms with Crippen molar-refractivity contribution in [3.8, 4) is 0 Å². The van der Waals surface area contributed by atoms with Gasteiger partial charge in [0.1, 0.15) is 0 Å². The summed E-state index contributed by atoms with van der Waals surface area (Å²) in [6.45, 7) is 4.11. The van der Waals surface area contributed by atoms with E-state index < -0.39 is 10.0 Å². The van der Waals surface area contributed by atoms with Gasteiger partial charge < -0.3 is 5.32 Å². The number of nitrogens with one attached hydrogen (secondary N) is 1. The lowest BCUT2D eigenvalue weighted by Crippen LogP contribution is -2.40. The molecule has 1 N–H and O–H groups in total. The quantitative estimate of drug-likeness (QED) is 0.837. The second-order valence-corrected chi connectivity index (χ2v) is 7.45. The lowest BCUT2D eigenvalue weighted by atomic mass is 10.1. The van der Waals surface area contributed by atoms with Crippen LogP contribution in [0.1, 0.15) is 18.1 Å². The van der Waals surface area contributed by atoms with E-state index in [0.717, 1.165) is 11.1 Å². The summed E-state index contributed by atoms with van der Waals surface area (Å²) in [5, 5.41) is 2.77. The van der Waals surface area contributed by atoms with Gasteiger partial charge in [0.15, 0.2) is 0 Å². The van der Waals surface area contributed by atoms with E-state index in [1.165, 1.54) is 16.4 Å². The molecule has 0 aliphatic heterocycles. The third kappa shape index (κ3) is 4.66. The SMILES string of the molecule is CCN(CC(=O)NCc1cccc(C)c1)S(=O)(=O)c1ccccc1. The number of carbonyl (C=O) groups excluding carboxylic acids is 1. The highest BCUT2D eigenvalue weighted by atomic mass is 32.2. The van der Waals surface area contributed by atoms with Gasteiger partial charge in [-0.05, 0) is 24.6 Å². The molecule has 0 saturated carbocycles. The van der Waals surface area contributed by atoms with Crippen molar-refractivity contribution in [2.24, 2.45) is 0 Å². The van der Waals surface area contributed by atoms with Crippen LogP contribution in [0.2, 0.25) is 0 Å². The van der Waals surface area contributed by atoms with Crippen molar-refractivity contribution in [1.29, 1.82) is 0 Å². The van der Waals surface area contributed by atoms with Crippen molar-refractivity contribution in [3.63, 3.8) is 0 Å². The molecule has 5 nitrogen and oxygen atoms in total. The molecule has 0 unspecified atom stereocenters. The summed E-state index contributed by atoms with van der Waals surface area (Å²) in [6.07, 6.45) is 0. The minimum Gasteiger partial charge on any atom is -0.351 e. The Morgan fingerprint density at radius 1 is 1.08 bits per heavy atom. The Labute approximate surface area is 143 Å². The number of sulfonamides is 1. The Hall–Kier alpha value is -2.18. The molecule has 128 valence electrons. The molecule has 2 aromatic carbocycles. The van der Waals surface area contributed by atoms with E-state index in [1.54, 1.807) is 25.1 Å². The predicted octanol–water partition coefficient (Wildman–Crippen LogP) is 2.32. The Bertz CT molecular complexity index is 789. The average Bonchev–Trinajstić information content (AvgIpc) is 2.58. The number of hydrogen-bond donors (Lipinski definition) is 1. The summed E-state index contributed by atoms with van der Waals surface area (Å²) in [5.74, 6) is -0.321. The third-order valence-electron chi connectivity index (χ3n) is 3.63. The fourth-order valence-corrected chi connectivity index (χ4v) is 3.77. The summed E-state index contributed by atoms with van der Waals surface area (Å²) in [4.78, 5) is 12.3. The molecule has 1 amide bonds. The van der Waals surface area contributed by atoms with E-state index in [-0.39, 0.29) is 23.9 Å². The second kappa shape index (κ2) is 8.08. The van der Waals surface area contributed by atoms with E-state index in [0.29, 0.717) is 6.54 Å². The van der Waals surface area contributed by atoms with Crippen molar-refractivity contribution in [3.05, 3.63) is 65.7 Å². The summed E-state index contributed by atoms with van der Waals surface area (Å²) in [5.41, 5.74) is 2.10. The number of benzene rings is 2. The van der Waals surface area contributed by atoms with Crippen LogP contribution in [-0.2, 0) is 21.4 Å². The number of amides is 1. The maximum absolute atomic E-state index is 12.6. The first-order valence-electron chi connectivity index (χ1n) is 7.81. The third-order valence-corrected chi connectivity index (χ3v) is 5.56. The summed E-state index contributed by atoms with van der Waals surface area (Å²) < 4.78 is 26.3. The fourth-order valence-electron chi connectivity index (χ4n) is 2.35. The predicted molar refractivity (Wildman–Crippen MR) is 93.9 cm³/mol. The Balaban J connectivity index is 2.00. The summed E-state index contributed by atoms with van der Waals surface area (Å²) in [6, 6.07) is 16.0. The number of likely N-dealkylation sites (N-methyl/N-ethyl adjacent to an activating group) is 1. The molecule has 2 rings (SSSR count). The van der Waals surface area contributed by atoms with Crippen LogP contribution in [0.3, 0.4) is 0 Å². The molecule has 0 atom stereocenters. The first-order valence-corrected chi connectivity index (χ1v) is 9.25. The normalized spacial score (nSPS) is 11.5. The highest BCUT2D eigenvalue weighted by molar-refractivity contribution is 7.89. The Morgan fingerprint density at radius 2 is 1.79 bits per heavy atom. The molecule has 0 spiro atoms. The molecule has 0 aromatic heterocycles. The number of rotatable bonds is 7. The van der Waals surface area contributed by atoms with Crippen molar-refractivity contribution in [1.82, 2.24) is 9.62 Å². The first kappa shape index (κ1) is 18.2. The van der Waals surface area contributed by atoms with Gasteiger partial charge in [-0.1, -0.05) is 55.0 Å². The zero-order chi connectivity index (χ0) is 17.6. The minimum absolute atomic E-state index is 0.193. The molecular formula is C18H22N2O3S. The van der Waals surface area contributed by atoms with Crippen LogP contribution in [-0.4, -0.2) is 31.7 Å². The van der Waals surface area contributed by atoms with Gasteiger partial charge in [0, 0.05) is 13.1 Å². The highest BCUT2D eigenvalue weighted by Gasteiger charge is 2.24. The smallest absolute Gasteiger partial charge is 0.243 e. The van der Waals surface area contributed by atoms with Crippen molar-refractivity contribution >= 4 is 15.9 Å². The van der Waals surface area contributed by atoms with Crippen LogP contribution in [0.25, 0.3) is 0 Å². The summed E-state index contributed by atoms with van der Waals surface area (Å²) in [7, 11) is -3.66. The highest BCUT2D eigenvalue weighted by Crippen LogP contribution is 2.14. The van der Waals surface area contributed by atoms with Gasteiger partial charge in [0.25, 0.3) is 0 Å². The largest absolute Gasteiger partial charge is 0.351 e. The summed E-state index contributed by atoms with van der Waals surface area (Å²) >= 11 is 0. The molecule has 0 bridgehead atoms. The average molecular weight is 346 g/mol. The van der Waals surface area contributed by atoms with E-state index >= 15 is 0 Å². The Kier molecular flexibility index (Phi) is 6.11. The van der Waals surface area contributed by atoms with Gasteiger partial charge in [-0.3, -0.25) is 4.79 Å². The van der Waals surface area contributed by atoms with Gasteiger partial charge in [-0.2, -0.15) is 4.31 Å². The van der Waals surface area contributed by atoms with E-state index in [9.17, 15) is 13.2 Å². The van der Waals surface area contributed by atoms with Crippen LogP contribution in [0, 0.1) is 6.92 Å². The van der Waals surface area contributed by atoms with Crippen LogP contribution in [0.5, 0.6) is 0 Å². The Morgan fingerprint density at radius 3 is 2.42 bits per heavy atom. The van der Waals surface area contributed by atoms with E-state index in [4.69, 9.17) is 0 Å². The maximum Gasteiger partial charge on any atom is 0.243 e. The lowest BCUT2D eigenvalue weighted by Gasteiger charge is -2.20. The molecule has 24 heavy (non-hydrogen) atoms. The van der Waals surface area contributed by atoms with Gasteiger partial charge in [-0.25, -0.2) is 8.42 Å². The van der Waals surface area contributed by atoms with Gasteiger partial charge in [0.05, 0.1) is 11.4 Å². The number of nitrogens with zero attached hydrogens (tertiary/aromatic N) is 1. The van der Waals surface area contributed by atoms with Crippen LogP contribution in [0.4, 0.5) is 0 Å².